The minimum Gasteiger partial charge on any atom is -0.497 e. The van der Waals surface area contributed by atoms with Crippen LogP contribution in [0.2, 0.25) is 5.02 Å². The fraction of sp³-hybridized carbons (Fsp3) is 0.0769. The van der Waals surface area contributed by atoms with Crippen molar-refractivity contribution in [1.82, 2.24) is 0 Å². The smallest absolute Gasteiger partial charge is 0.264 e. The standard InChI is InChI=1S/C13H10BrClFNO3S/c1-20-9-3-4-10(15)12(7-9)17-21(18,19)13-5-2-8(14)6-11(13)16/h2-7,17H,1H3. The van der Waals surface area contributed by atoms with Crippen molar-refractivity contribution in [2.75, 3.05) is 11.8 Å². The minimum atomic E-state index is -4.09. The topological polar surface area (TPSA) is 55.4 Å². The molecule has 0 heterocycles. The van der Waals surface area contributed by atoms with Crippen molar-refractivity contribution in [3.63, 3.8) is 0 Å². The van der Waals surface area contributed by atoms with Gasteiger partial charge in [0.05, 0.1) is 17.8 Å². The third kappa shape index (κ3) is 3.66. The number of rotatable bonds is 4. The van der Waals surface area contributed by atoms with Crippen LogP contribution in [0.15, 0.2) is 45.8 Å². The average Bonchev–Trinajstić information content (AvgIpc) is 2.40. The molecule has 0 spiro atoms. The average molecular weight is 395 g/mol. The summed E-state index contributed by atoms with van der Waals surface area (Å²) in [7, 11) is -2.65. The van der Waals surface area contributed by atoms with E-state index in [-0.39, 0.29) is 10.7 Å². The SMILES string of the molecule is COc1ccc(Cl)c(NS(=O)(=O)c2ccc(Br)cc2F)c1. The van der Waals surface area contributed by atoms with Gasteiger partial charge in [-0.3, -0.25) is 4.72 Å². The van der Waals surface area contributed by atoms with Crippen molar-refractivity contribution in [3.8, 4) is 5.75 Å². The van der Waals surface area contributed by atoms with E-state index in [2.05, 4.69) is 20.7 Å². The lowest BCUT2D eigenvalue weighted by molar-refractivity contribution is 0.415. The largest absolute Gasteiger partial charge is 0.497 e. The number of nitrogens with one attached hydrogen (secondary N) is 1. The lowest BCUT2D eigenvalue weighted by Gasteiger charge is -2.11. The van der Waals surface area contributed by atoms with Crippen LogP contribution < -0.4 is 9.46 Å². The van der Waals surface area contributed by atoms with E-state index < -0.39 is 20.7 Å². The van der Waals surface area contributed by atoms with Crippen LogP contribution in [0.4, 0.5) is 10.1 Å². The van der Waals surface area contributed by atoms with E-state index in [0.29, 0.717) is 10.2 Å². The van der Waals surface area contributed by atoms with Crippen molar-refractivity contribution in [1.29, 1.82) is 0 Å². The van der Waals surface area contributed by atoms with Gasteiger partial charge in [0.25, 0.3) is 10.0 Å². The van der Waals surface area contributed by atoms with Crippen LogP contribution in [-0.4, -0.2) is 15.5 Å². The predicted molar refractivity (Wildman–Crippen MR) is 82.9 cm³/mol. The zero-order valence-electron chi connectivity index (χ0n) is 10.7. The molecule has 0 saturated heterocycles. The second-order valence-electron chi connectivity index (χ2n) is 4.03. The van der Waals surface area contributed by atoms with Gasteiger partial charge < -0.3 is 4.74 Å². The first-order valence-electron chi connectivity index (χ1n) is 5.65. The van der Waals surface area contributed by atoms with Gasteiger partial charge in [0.2, 0.25) is 0 Å². The zero-order chi connectivity index (χ0) is 15.6. The van der Waals surface area contributed by atoms with Crippen LogP contribution in [0, 0.1) is 5.82 Å². The first-order valence-corrected chi connectivity index (χ1v) is 8.30. The Bertz CT molecular complexity index is 783. The molecule has 0 aromatic heterocycles. The summed E-state index contributed by atoms with van der Waals surface area (Å²) in [5.41, 5.74) is 0.110. The Morgan fingerprint density at radius 3 is 2.57 bits per heavy atom. The van der Waals surface area contributed by atoms with Crippen molar-refractivity contribution < 1.29 is 17.5 Å². The molecule has 1 N–H and O–H groups in total. The number of methoxy groups -OCH3 is 1. The van der Waals surface area contributed by atoms with Crippen LogP contribution in [0.25, 0.3) is 0 Å². The molecule has 2 aromatic rings. The van der Waals surface area contributed by atoms with Gasteiger partial charge in [-0.25, -0.2) is 12.8 Å². The molecule has 0 bridgehead atoms. The minimum absolute atomic E-state index is 0.110. The molecule has 4 nitrogen and oxygen atoms in total. The third-order valence-corrected chi connectivity index (χ3v) is 4.82. The normalized spacial score (nSPS) is 11.2. The number of benzene rings is 2. The van der Waals surface area contributed by atoms with E-state index in [1.54, 1.807) is 6.07 Å². The molecule has 0 aliphatic carbocycles. The van der Waals surface area contributed by atoms with Gasteiger partial charge in [-0.05, 0) is 30.3 Å². The second-order valence-corrected chi connectivity index (χ2v) is 7.00. The van der Waals surface area contributed by atoms with Crippen LogP contribution in [0.5, 0.6) is 5.75 Å². The van der Waals surface area contributed by atoms with E-state index in [9.17, 15) is 12.8 Å². The van der Waals surface area contributed by atoms with Crippen LogP contribution in [0.1, 0.15) is 0 Å². The highest BCUT2D eigenvalue weighted by molar-refractivity contribution is 9.10. The molecule has 8 heteroatoms. The summed E-state index contributed by atoms with van der Waals surface area (Å²) in [6, 6.07) is 8.15. The molecule has 112 valence electrons. The molecule has 0 saturated carbocycles. The van der Waals surface area contributed by atoms with Crippen molar-refractivity contribution in [2.45, 2.75) is 4.90 Å². The fourth-order valence-corrected chi connectivity index (χ4v) is 3.29. The van der Waals surface area contributed by atoms with Crippen molar-refractivity contribution in [2.24, 2.45) is 0 Å². The van der Waals surface area contributed by atoms with Crippen LogP contribution in [0.3, 0.4) is 0 Å². The van der Waals surface area contributed by atoms with Gasteiger partial charge in [0.1, 0.15) is 16.5 Å². The van der Waals surface area contributed by atoms with Gasteiger partial charge in [0, 0.05) is 10.5 Å². The maximum atomic E-state index is 13.8. The molecular formula is C13H10BrClFNO3S. The first-order chi connectivity index (χ1) is 9.83. The summed E-state index contributed by atoms with van der Waals surface area (Å²) < 4.78 is 45.9. The highest BCUT2D eigenvalue weighted by Gasteiger charge is 2.20. The Hall–Kier alpha value is -1.31. The molecule has 0 aliphatic heterocycles. The van der Waals surface area contributed by atoms with Gasteiger partial charge >= 0.3 is 0 Å². The van der Waals surface area contributed by atoms with E-state index in [0.717, 1.165) is 12.1 Å². The predicted octanol–water partition coefficient (Wildman–Crippen LogP) is 4.05. The van der Waals surface area contributed by atoms with Gasteiger partial charge in [-0.2, -0.15) is 0 Å². The van der Waals surface area contributed by atoms with E-state index >= 15 is 0 Å². The first kappa shape index (κ1) is 16.1. The van der Waals surface area contributed by atoms with Gasteiger partial charge in [0.15, 0.2) is 0 Å². The maximum absolute atomic E-state index is 13.8. The molecule has 0 fully saturated rings. The molecule has 21 heavy (non-hydrogen) atoms. The van der Waals surface area contributed by atoms with Gasteiger partial charge in [-0.1, -0.05) is 27.5 Å². The fourth-order valence-electron chi connectivity index (χ4n) is 1.60. The lowest BCUT2D eigenvalue weighted by Crippen LogP contribution is -2.15. The Kier molecular flexibility index (Phi) is 4.75. The molecule has 0 radical (unpaired) electrons. The number of hydrogen-bond acceptors (Lipinski definition) is 3. The molecule has 2 rings (SSSR count). The Balaban J connectivity index is 2.42. The van der Waals surface area contributed by atoms with E-state index in [1.165, 1.54) is 25.3 Å². The molecular weight excluding hydrogens is 385 g/mol. The second kappa shape index (κ2) is 6.21. The maximum Gasteiger partial charge on any atom is 0.264 e. The molecule has 0 atom stereocenters. The highest BCUT2D eigenvalue weighted by Crippen LogP contribution is 2.29. The summed E-state index contributed by atoms with van der Waals surface area (Å²) in [4.78, 5) is -0.468. The molecule has 2 aromatic carbocycles. The van der Waals surface area contributed by atoms with E-state index in [4.69, 9.17) is 16.3 Å². The number of anilines is 1. The summed E-state index contributed by atoms with van der Waals surface area (Å²) in [5, 5.41) is 0.178. The number of ether oxygens (including phenoxy) is 1. The van der Waals surface area contributed by atoms with Crippen LogP contribution in [-0.2, 0) is 10.0 Å². The third-order valence-electron chi connectivity index (χ3n) is 2.60. The van der Waals surface area contributed by atoms with Crippen molar-refractivity contribution >= 4 is 43.2 Å². The highest BCUT2D eigenvalue weighted by atomic mass is 79.9. The summed E-state index contributed by atoms with van der Waals surface area (Å²) in [5.74, 6) is -0.440. The zero-order valence-corrected chi connectivity index (χ0v) is 13.9. The molecule has 0 aliphatic rings. The number of halogens is 3. The van der Waals surface area contributed by atoms with Crippen LogP contribution >= 0.6 is 27.5 Å². The summed E-state index contributed by atoms with van der Waals surface area (Å²) in [6.45, 7) is 0. The quantitative estimate of drug-likeness (QED) is 0.851. The Morgan fingerprint density at radius 1 is 1.24 bits per heavy atom. The summed E-state index contributed by atoms with van der Waals surface area (Å²) >= 11 is 9.00. The number of hydrogen-bond donors (Lipinski definition) is 1. The number of sulfonamides is 1. The van der Waals surface area contributed by atoms with Crippen molar-refractivity contribution in [3.05, 3.63) is 51.7 Å². The van der Waals surface area contributed by atoms with Gasteiger partial charge in [-0.15, -0.1) is 0 Å². The molecule has 0 amide bonds. The van der Waals surface area contributed by atoms with E-state index in [1.807, 2.05) is 0 Å². The molecule has 0 unspecified atom stereocenters. The Morgan fingerprint density at radius 2 is 1.95 bits per heavy atom. The summed E-state index contributed by atoms with van der Waals surface area (Å²) in [6.07, 6.45) is 0. The lowest BCUT2D eigenvalue weighted by atomic mass is 10.3. The Labute approximate surface area is 135 Å². The monoisotopic (exact) mass is 393 g/mol.